The normalized spacial score (nSPS) is 15.2. The molecule has 3 N–H and O–H groups in total. The van der Waals surface area contributed by atoms with Crippen molar-refractivity contribution in [1.82, 2.24) is 24.8 Å². The number of carbonyl (C=O) groups excluding carboxylic acids is 1. The van der Waals surface area contributed by atoms with E-state index in [0.717, 1.165) is 18.7 Å². The Morgan fingerprint density at radius 1 is 1.31 bits per heavy atom. The van der Waals surface area contributed by atoms with E-state index in [-0.39, 0.29) is 18.1 Å². The molecule has 8 nitrogen and oxygen atoms in total. The molecule has 0 radical (unpaired) electrons. The molecule has 32 heavy (non-hydrogen) atoms. The van der Waals surface area contributed by atoms with Gasteiger partial charge >= 0.3 is 0 Å². The Balaban J connectivity index is 1.58. The van der Waals surface area contributed by atoms with Gasteiger partial charge in [-0.1, -0.05) is 12.8 Å². The van der Waals surface area contributed by atoms with E-state index >= 15 is 0 Å². The Bertz CT molecular complexity index is 1210. The molecule has 0 aliphatic heterocycles. The van der Waals surface area contributed by atoms with Crippen LogP contribution < -0.4 is 11.1 Å². The second kappa shape index (κ2) is 9.25. The van der Waals surface area contributed by atoms with Crippen molar-refractivity contribution in [3.05, 3.63) is 59.2 Å². The first-order valence-corrected chi connectivity index (χ1v) is 10.6. The lowest BCUT2D eigenvalue weighted by atomic mass is 10.0. The van der Waals surface area contributed by atoms with Crippen molar-refractivity contribution in [3.63, 3.8) is 0 Å². The maximum atomic E-state index is 14.2. The third-order valence-corrected chi connectivity index (χ3v) is 5.83. The van der Waals surface area contributed by atoms with Crippen LogP contribution in [0.3, 0.4) is 0 Å². The molecule has 1 aliphatic rings. The smallest absolute Gasteiger partial charge is 0.272 e. The van der Waals surface area contributed by atoms with E-state index in [4.69, 9.17) is 5.73 Å². The van der Waals surface area contributed by atoms with Gasteiger partial charge in [0.15, 0.2) is 11.3 Å². The highest BCUT2D eigenvalue weighted by molar-refractivity contribution is 6.09. The molecule has 2 heterocycles. The minimum atomic E-state index is -0.423. The van der Waals surface area contributed by atoms with E-state index in [1.54, 1.807) is 19.3 Å². The molecule has 9 heteroatoms. The number of aryl methyl sites for hydroxylation is 1. The summed E-state index contributed by atoms with van der Waals surface area (Å²) in [6, 6.07) is 4.51. The van der Waals surface area contributed by atoms with Crippen LogP contribution in [0.5, 0.6) is 0 Å². The minimum Gasteiger partial charge on any atom is -0.404 e. The summed E-state index contributed by atoms with van der Waals surface area (Å²) in [7, 11) is 3.51. The highest BCUT2D eigenvalue weighted by atomic mass is 19.1. The average Bonchev–Trinajstić information content (AvgIpc) is 3.43. The maximum absolute atomic E-state index is 14.2. The van der Waals surface area contributed by atoms with Crippen LogP contribution in [0.1, 0.15) is 59.0 Å². The topological polar surface area (TPSA) is 111 Å². The van der Waals surface area contributed by atoms with Gasteiger partial charge in [0.05, 0.1) is 0 Å². The Kier molecular flexibility index (Phi) is 6.25. The van der Waals surface area contributed by atoms with Crippen LogP contribution in [-0.4, -0.2) is 38.7 Å². The summed E-state index contributed by atoms with van der Waals surface area (Å²) in [5, 5.41) is 2.84. The zero-order valence-electron chi connectivity index (χ0n) is 18.2. The average molecular weight is 436 g/mol. The molecular formula is C23H26FN7O. The number of imidazole rings is 1. The Morgan fingerprint density at radius 2 is 2.09 bits per heavy atom. The molecule has 0 spiro atoms. The molecule has 0 bridgehead atoms. The summed E-state index contributed by atoms with van der Waals surface area (Å²) in [5.41, 5.74) is 8.78. The van der Waals surface area contributed by atoms with Gasteiger partial charge in [-0.2, -0.15) is 0 Å². The molecule has 4 rings (SSSR count). The monoisotopic (exact) mass is 435 g/mol. The number of fused-ring (bicyclic) bond motifs is 1. The molecule has 1 aliphatic carbocycles. The van der Waals surface area contributed by atoms with Gasteiger partial charge in [0.1, 0.15) is 23.5 Å². The fraction of sp³-hybridized carbons (Fsp3) is 0.348. The van der Waals surface area contributed by atoms with Gasteiger partial charge in [-0.3, -0.25) is 9.79 Å². The third kappa shape index (κ3) is 4.23. The van der Waals surface area contributed by atoms with Crippen LogP contribution >= 0.6 is 0 Å². The maximum Gasteiger partial charge on any atom is 0.272 e. The molecule has 3 aromatic rings. The SMILES string of the molecule is CN=CC(=CN)c1cc(F)cc(CNC(=O)c2ncnc3nc(C4CCCC4)n(C)c23)c1. The number of hydrogen-bond acceptors (Lipinski definition) is 6. The van der Waals surface area contributed by atoms with E-state index in [2.05, 4.69) is 25.3 Å². The molecule has 0 unspecified atom stereocenters. The van der Waals surface area contributed by atoms with Gasteiger partial charge in [-0.15, -0.1) is 0 Å². The number of aliphatic imine (C=N–C) groups is 1. The first kappa shape index (κ1) is 21.6. The largest absolute Gasteiger partial charge is 0.404 e. The van der Waals surface area contributed by atoms with Crippen molar-refractivity contribution < 1.29 is 9.18 Å². The zero-order valence-corrected chi connectivity index (χ0v) is 18.2. The Morgan fingerprint density at radius 3 is 2.81 bits per heavy atom. The number of hydrogen-bond donors (Lipinski definition) is 2. The van der Waals surface area contributed by atoms with Crippen molar-refractivity contribution in [1.29, 1.82) is 0 Å². The quantitative estimate of drug-likeness (QED) is 0.578. The zero-order chi connectivity index (χ0) is 22.7. The van der Waals surface area contributed by atoms with E-state index in [0.29, 0.717) is 33.8 Å². The van der Waals surface area contributed by atoms with E-state index < -0.39 is 5.82 Å². The lowest BCUT2D eigenvalue weighted by Gasteiger charge is -2.10. The molecule has 166 valence electrons. The van der Waals surface area contributed by atoms with Crippen molar-refractivity contribution >= 4 is 28.9 Å². The molecule has 1 amide bonds. The van der Waals surface area contributed by atoms with Gasteiger partial charge in [-0.05, 0) is 42.2 Å². The van der Waals surface area contributed by atoms with Crippen molar-refractivity contribution in [2.24, 2.45) is 17.8 Å². The number of nitrogens with two attached hydrogens (primary N) is 1. The van der Waals surface area contributed by atoms with Crippen LogP contribution in [0.15, 0.2) is 35.7 Å². The van der Waals surface area contributed by atoms with Crippen LogP contribution in [0.25, 0.3) is 16.7 Å². The first-order valence-electron chi connectivity index (χ1n) is 10.6. The van der Waals surface area contributed by atoms with Crippen molar-refractivity contribution in [2.75, 3.05) is 7.05 Å². The molecule has 0 saturated heterocycles. The summed E-state index contributed by atoms with van der Waals surface area (Å²) in [6.45, 7) is 0.129. The predicted molar refractivity (Wildman–Crippen MR) is 122 cm³/mol. The first-order chi connectivity index (χ1) is 15.5. The standard InChI is InChI=1S/C23H26FN7O/c1-26-12-17(10-25)16-7-14(8-18(24)9-16)11-27-23(32)19-20-21(29-13-28-19)30-22(31(20)2)15-5-3-4-6-15/h7-10,12-13,15H,3-6,11,25H2,1-2H3,(H,27,32). The molecule has 1 fully saturated rings. The Labute approximate surface area is 185 Å². The van der Waals surface area contributed by atoms with E-state index in [1.165, 1.54) is 37.5 Å². The summed E-state index contributed by atoms with van der Waals surface area (Å²) in [4.78, 5) is 30.1. The molecule has 2 aromatic heterocycles. The fourth-order valence-corrected chi connectivity index (χ4v) is 4.31. The molecule has 1 aromatic carbocycles. The number of allylic oxidation sites excluding steroid dienone is 1. The number of aromatic nitrogens is 4. The second-order valence-electron chi connectivity index (χ2n) is 7.95. The second-order valence-corrected chi connectivity index (χ2v) is 7.95. The number of nitrogens with zero attached hydrogens (tertiary/aromatic N) is 5. The Hall–Kier alpha value is -3.62. The van der Waals surface area contributed by atoms with Gasteiger partial charge < -0.3 is 15.6 Å². The van der Waals surface area contributed by atoms with Gasteiger partial charge in [0.2, 0.25) is 0 Å². The number of nitrogens with one attached hydrogen (secondary N) is 1. The highest BCUT2D eigenvalue weighted by Crippen LogP contribution is 2.34. The molecular weight excluding hydrogens is 409 g/mol. The van der Waals surface area contributed by atoms with E-state index in [9.17, 15) is 9.18 Å². The van der Waals surface area contributed by atoms with Crippen LogP contribution in [0.2, 0.25) is 0 Å². The summed E-state index contributed by atoms with van der Waals surface area (Å²) in [5.74, 6) is 0.537. The fourth-order valence-electron chi connectivity index (χ4n) is 4.31. The summed E-state index contributed by atoms with van der Waals surface area (Å²) < 4.78 is 16.1. The summed E-state index contributed by atoms with van der Waals surface area (Å²) in [6.07, 6.45) is 8.84. The highest BCUT2D eigenvalue weighted by Gasteiger charge is 2.25. The number of amides is 1. The number of rotatable bonds is 6. The van der Waals surface area contributed by atoms with Crippen LogP contribution in [-0.2, 0) is 13.6 Å². The summed E-state index contributed by atoms with van der Waals surface area (Å²) >= 11 is 0. The molecule has 1 saturated carbocycles. The van der Waals surface area contributed by atoms with Crippen LogP contribution in [0.4, 0.5) is 4.39 Å². The number of halogens is 1. The van der Waals surface area contributed by atoms with Crippen molar-refractivity contribution in [3.8, 4) is 0 Å². The van der Waals surface area contributed by atoms with E-state index in [1.807, 2.05) is 11.6 Å². The minimum absolute atomic E-state index is 0.129. The predicted octanol–water partition coefficient (Wildman–Crippen LogP) is 3.09. The third-order valence-electron chi connectivity index (χ3n) is 5.83. The number of carbonyl (C=O) groups is 1. The molecule has 0 atom stereocenters. The lowest BCUT2D eigenvalue weighted by Crippen LogP contribution is -2.25. The van der Waals surface area contributed by atoms with Crippen molar-refractivity contribution in [2.45, 2.75) is 38.1 Å². The number of benzene rings is 1. The van der Waals surface area contributed by atoms with Gasteiger partial charge in [-0.25, -0.2) is 19.3 Å². The lowest BCUT2D eigenvalue weighted by molar-refractivity contribution is 0.0947. The van der Waals surface area contributed by atoms with Gasteiger partial charge in [0, 0.05) is 44.5 Å². The van der Waals surface area contributed by atoms with Gasteiger partial charge in [0.25, 0.3) is 5.91 Å². The van der Waals surface area contributed by atoms with Crippen LogP contribution in [0, 0.1) is 5.82 Å².